The van der Waals surface area contributed by atoms with Gasteiger partial charge in [-0.3, -0.25) is 9.00 Å². The highest BCUT2D eigenvalue weighted by atomic mass is 35.5. The topological polar surface area (TPSA) is 108 Å². The number of hydrogen-bond acceptors (Lipinski definition) is 8. The van der Waals surface area contributed by atoms with Gasteiger partial charge in [-0.2, -0.15) is 0 Å². The van der Waals surface area contributed by atoms with Crippen LogP contribution in [0, 0.1) is 0 Å². The van der Waals surface area contributed by atoms with E-state index in [2.05, 4.69) is 15.0 Å². The number of methoxy groups -OCH3 is 2. The minimum atomic E-state index is -5.00. The average molecular weight is 717 g/mol. The van der Waals surface area contributed by atoms with Crippen molar-refractivity contribution in [2.45, 2.75) is 23.9 Å². The summed E-state index contributed by atoms with van der Waals surface area (Å²) in [5.41, 5.74) is 2.14. The lowest BCUT2D eigenvalue weighted by molar-refractivity contribution is -0.275. The molecule has 0 amide bonds. The van der Waals surface area contributed by atoms with E-state index in [0.717, 1.165) is 11.6 Å². The Bertz CT molecular complexity index is 1950. The first-order valence-corrected chi connectivity index (χ1v) is 16.7. The number of alkyl halides is 3. The first-order valence-electron chi connectivity index (χ1n) is 14.8. The van der Waals surface area contributed by atoms with E-state index in [9.17, 15) is 22.2 Å². The zero-order valence-corrected chi connectivity index (χ0v) is 28.1. The molecule has 0 aliphatic carbocycles. The molecule has 2 unspecified atom stereocenters. The number of rotatable bonds is 15. The molecule has 1 heterocycles. The van der Waals surface area contributed by atoms with Crippen LogP contribution >= 0.6 is 11.6 Å². The molecule has 0 radical (unpaired) electrons. The number of carbonyl (C=O) groups excluding carboxylic acids is 1. The molecule has 4 aromatic carbocycles. The predicted octanol–water partition coefficient (Wildman–Crippen LogP) is 8.11. The van der Waals surface area contributed by atoms with Gasteiger partial charge in [0.25, 0.3) is 0 Å². The molecule has 0 fully saturated rings. The van der Waals surface area contributed by atoms with E-state index in [0.29, 0.717) is 39.0 Å². The van der Waals surface area contributed by atoms with Crippen molar-refractivity contribution in [1.29, 1.82) is 0 Å². The van der Waals surface area contributed by atoms with Crippen LogP contribution in [0.2, 0.25) is 5.02 Å². The smallest absolute Gasteiger partial charge is 0.497 e. The fourth-order valence-electron chi connectivity index (χ4n) is 5.09. The molecule has 2 atom stereocenters. The Morgan fingerprint density at radius 1 is 0.939 bits per heavy atom. The van der Waals surface area contributed by atoms with Crippen LogP contribution < -0.4 is 24.3 Å². The largest absolute Gasteiger partial charge is 0.573 e. The summed E-state index contributed by atoms with van der Waals surface area (Å²) >= 11 is 6.36. The SMILES string of the molecule is COc1cc(NC(C(=O)c2c[nH]c3cc(OC)c(OC(F)(F)F)cc23)c2ccc(Cl)cc2OCCOCc2ccccc2)cc(S(C)=O)c1. The summed E-state index contributed by atoms with van der Waals surface area (Å²) < 4.78 is 78.8. The second-order valence-corrected chi connectivity index (χ2v) is 12.5. The minimum Gasteiger partial charge on any atom is -0.497 e. The lowest BCUT2D eigenvalue weighted by Crippen LogP contribution is -2.23. The number of benzene rings is 4. The van der Waals surface area contributed by atoms with E-state index in [1.165, 1.54) is 32.7 Å². The normalized spacial score (nSPS) is 12.7. The number of Topliss-reactive ketones (excluding diaryl/α,β-unsaturated/α-hetero) is 1. The second-order valence-electron chi connectivity index (χ2n) is 10.7. The zero-order valence-electron chi connectivity index (χ0n) is 26.6. The maximum Gasteiger partial charge on any atom is 0.573 e. The lowest BCUT2D eigenvalue weighted by atomic mass is 9.95. The average Bonchev–Trinajstić information content (AvgIpc) is 3.48. The molecule has 258 valence electrons. The number of H-pyrrole nitrogens is 1. The van der Waals surface area contributed by atoms with Crippen molar-refractivity contribution in [3.8, 4) is 23.0 Å². The third-order valence-electron chi connectivity index (χ3n) is 7.36. The minimum absolute atomic E-state index is 0.0523. The molecule has 0 spiro atoms. The van der Waals surface area contributed by atoms with Gasteiger partial charge >= 0.3 is 6.36 Å². The Kier molecular flexibility index (Phi) is 11.4. The second kappa shape index (κ2) is 15.7. The standard InChI is InChI=1S/C35H32ClF3N2O7S/c1-44-24-14-23(15-25(16-24)49(3)43)41-33(26-10-9-22(36)13-30(26)47-12-11-46-20-21-7-5-4-6-8-21)34(42)28-19-40-29-18-31(45-2)32(17-27(28)29)48-35(37,38)39/h4-10,13-19,33,40-41H,11-12,20H2,1-3H3. The van der Waals surface area contributed by atoms with E-state index >= 15 is 0 Å². The van der Waals surface area contributed by atoms with Gasteiger partial charge in [0.1, 0.15) is 24.1 Å². The molecule has 5 aromatic rings. The Labute approximate surface area is 287 Å². The third kappa shape index (κ3) is 9.05. The highest BCUT2D eigenvalue weighted by molar-refractivity contribution is 7.84. The van der Waals surface area contributed by atoms with Gasteiger partial charge in [-0.25, -0.2) is 0 Å². The number of ketones is 1. The first kappa shape index (κ1) is 35.6. The first-order chi connectivity index (χ1) is 23.5. The predicted molar refractivity (Wildman–Crippen MR) is 181 cm³/mol. The summed E-state index contributed by atoms with van der Waals surface area (Å²) in [6, 6.07) is 20.5. The molecule has 49 heavy (non-hydrogen) atoms. The number of aromatic nitrogens is 1. The maximum absolute atomic E-state index is 14.5. The van der Waals surface area contributed by atoms with E-state index in [4.69, 9.17) is 30.5 Å². The van der Waals surface area contributed by atoms with Gasteiger partial charge in [0, 0.05) is 67.5 Å². The molecule has 0 saturated heterocycles. The summed E-state index contributed by atoms with van der Waals surface area (Å²) in [6.45, 7) is 0.711. The summed E-state index contributed by atoms with van der Waals surface area (Å²) in [5.74, 6) is -0.678. The van der Waals surface area contributed by atoms with Crippen molar-refractivity contribution >= 4 is 44.8 Å². The third-order valence-corrected chi connectivity index (χ3v) is 8.50. The Morgan fingerprint density at radius 3 is 2.41 bits per heavy atom. The van der Waals surface area contributed by atoms with E-state index < -0.39 is 34.7 Å². The summed E-state index contributed by atoms with van der Waals surface area (Å²) in [7, 11) is 1.27. The Hall–Kier alpha value is -4.72. The van der Waals surface area contributed by atoms with Gasteiger partial charge in [-0.1, -0.05) is 48.0 Å². The van der Waals surface area contributed by atoms with Crippen LogP contribution in [0.15, 0.2) is 90.0 Å². The van der Waals surface area contributed by atoms with Crippen LogP contribution in [0.25, 0.3) is 10.9 Å². The highest BCUT2D eigenvalue weighted by Gasteiger charge is 2.34. The van der Waals surface area contributed by atoms with E-state index in [1.54, 1.807) is 36.4 Å². The van der Waals surface area contributed by atoms with Crippen molar-refractivity contribution in [2.75, 3.05) is 39.0 Å². The monoisotopic (exact) mass is 716 g/mol. The van der Waals surface area contributed by atoms with Crippen molar-refractivity contribution in [1.82, 2.24) is 4.98 Å². The molecule has 0 bridgehead atoms. The molecule has 0 saturated carbocycles. The quantitative estimate of drug-likeness (QED) is 0.0827. The Balaban J connectivity index is 1.54. The number of anilines is 1. The van der Waals surface area contributed by atoms with Crippen molar-refractivity contribution in [2.24, 2.45) is 0 Å². The fraction of sp³-hybridized carbons (Fsp3) is 0.229. The molecule has 9 nitrogen and oxygen atoms in total. The van der Waals surface area contributed by atoms with Gasteiger partial charge in [-0.15, -0.1) is 13.2 Å². The number of ether oxygens (including phenoxy) is 5. The van der Waals surface area contributed by atoms with Gasteiger partial charge in [0.2, 0.25) is 0 Å². The number of fused-ring (bicyclic) bond motifs is 1. The van der Waals surface area contributed by atoms with Crippen molar-refractivity contribution < 1.29 is 45.9 Å². The van der Waals surface area contributed by atoms with Crippen LogP contribution in [0.5, 0.6) is 23.0 Å². The molecule has 5 rings (SSSR count). The van der Waals surface area contributed by atoms with Crippen LogP contribution in [0.3, 0.4) is 0 Å². The van der Waals surface area contributed by atoms with Crippen LogP contribution in [-0.2, 0) is 22.1 Å². The summed E-state index contributed by atoms with van der Waals surface area (Å²) in [5, 5.41) is 3.71. The van der Waals surface area contributed by atoms with Gasteiger partial charge in [0.05, 0.1) is 33.0 Å². The lowest BCUT2D eigenvalue weighted by Gasteiger charge is -2.23. The molecule has 0 aliphatic rings. The molecule has 1 aromatic heterocycles. The van der Waals surface area contributed by atoms with Gasteiger partial charge in [0.15, 0.2) is 17.3 Å². The fourth-order valence-corrected chi connectivity index (χ4v) is 5.83. The van der Waals surface area contributed by atoms with E-state index in [-0.39, 0.29) is 35.7 Å². The van der Waals surface area contributed by atoms with Crippen LogP contribution in [0.1, 0.15) is 27.5 Å². The van der Waals surface area contributed by atoms with Crippen molar-refractivity contribution in [3.63, 3.8) is 0 Å². The number of aromatic amines is 1. The maximum atomic E-state index is 14.5. The molecule has 2 N–H and O–H groups in total. The number of halogens is 4. The Morgan fingerprint density at radius 2 is 1.71 bits per heavy atom. The van der Waals surface area contributed by atoms with Gasteiger partial charge < -0.3 is 34.0 Å². The van der Waals surface area contributed by atoms with Crippen LogP contribution in [0.4, 0.5) is 18.9 Å². The van der Waals surface area contributed by atoms with E-state index in [1.807, 2.05) is 30.3 Å². The molecule has 0 aliphatic heterocycles. The number of carbonyl (C=O) groups is 1. The van der Waals surface area contributed by atoms with Gasteiger partial charge in [-0.05, 0) is 35.9 Å². The van der Waals surface area contributed by atoms with Crippen LogP contribution in [-0.4, -0.2) is 55.0 Å². The summed E-state index contributed by atoms with van der Waals surface area (Å²) in [6.07, 6.45) is -2.10. The molecular weight excluding hydrogens is 685 g/mol. The zero-order chi connectivity index (χ0) is 35.1. The number of hydrogen-bond donors (Lipinski definition) is 2. The summed E-state index contributed by atoms with van der Waals surface area (Å²) in [4.78, 5) is 17.9. The van der Waals surface area contributed by atoms with Crippen molar-refractivity contribution in [3.05, 3.63) is 107 Å². The molecule has 14 heteroatoms. The molecular formula is C35H32ClF3N2O7S. The number of nitrogens with one attached hydrogen (secondary N) is 2. The highest BCUT2D eigenvalue weighted by Crippen LogP contribution is 2.40.